The summed E-state index contributed by atoms with van der Waals surface area (Å²) in [5, 5.41) is 0. The number of nitrogens with one attached hydrogen (secondary N) is 1. The molecule has 6 heteroatoms. The third-order valence-electron chi connectivity index (χ3n) is 2.04. The Kier molecular flexibility index (Phi) is 4.40. The Morgan fingerprint density at radius 1 is 1.50 bits per heavy atom. The molecule has 0 aliphatic rings. The van der Waals surface area contributed by atoms with Gasteiger partial charge in [0.15, 0.2) is 0 Å². The van der Waals surface area contributed by atoms with E-state index in [0.717, 1.165) is 6.26 Å². The van der Waals surface area contributed by atoms with Crippen LogP contribution in [-0.4, -0.2) is 28.3 Å². The van der Waals surface area contributed by atoms with Crippen LogP contribution in [0.25, 0.3) is 0 Å². The SMILES string of the molecule is CO[C@H](CNS(C)(=O)=O)c1cccc(F)c1. The maximum Gasteiger partial charge on any atom is 0.208 e. The minimum atomic E-state index is -3.27. The molecule has 0 amide bonds. The molecule has 1 aromatic rings. The maximum absolute atomic E-state index is 12.9. The number of hydrogen-bond donors (Lipinski definition) is 1. The lowest BCUT2D eigenvalue weighted by atomic mass is 10.1. The number of methoxy groups -OCH3 is 1. The average molecular weight is 247 g/mol. The third kappa shape index (κ3) is 4.26. The molecule has 1 rings (SSSR count). The van der Waals surface area contributed by atoms with Gasteiger partial charge in [-0.05, 0) is 17.7 Å². The molecule has 0 saturated heterocycles. The highest BCUT2D eigenvalue weighted by Gasteiger charge is 2.13. The van der Waals surface area contributed by atoms with Crippen molar-refractivity contribution in [3.63, 3.8) is 0 Å². The normalized spacial score (nSPS) is 13.7. The van der Waals surface area contributed by atoms with E-state index in [-0.39, 0.29) is 12.4 Å². The van der Waals surface area contributed by atoms with E-state index in [4.69, 9.17) is 4.74 Å². The average Bonchev–Trinajstić information content (AvgIpc) is 2.17. The first kappa shape index (κ1) is 13.1. The summed E-state index contributed by atoms with van der Waals surface area (Å²) in [7, 11) is -1.83. The molecule has 1 aromatic carbocycles. The zero-order valence-electron chi connectivity index (χ0n) is 9.10. The van der Waals surface area contributed by atoms with Crippen LogP contribution >= 0.6 is 0 Å². The van der Waals surface area contributed by atoms with Gasteiger partial charge in [0.2, 0.25) is 10.0 Å². The van der Waals surface area contributed by atoms with E-state index in [1.165, 1.54) is 19.2 Å². The molecule has 0 aliphatic carbocycles. The van der Waals surface area contributed by atoms with Gasteiger partial charge in [0.25, 0.3) is 0 Å². The van der Waals surface area contributed by atoms with E-state index in [0.29, 0.717) is 5.56 Å². The molecule has 0 heterocycles. The van der Waals surface area contributed by atoms with Gasteiger partial charge in [0, 0.05) is 13.7 Å². The summed E-state index contributed by atoms with van der Waals surface area (Å²) >= 11 is 0. The monoisotopic (exact) mass is 247 g/mol. The van der Waals surface area contributed by atoms with Crippen LogP contribution in [-0.2, 0) is 14.8 Å². The topological polar surface area (TPSA) is 55.4 Å². The fourth-order valence-corrected chi connectivity index (χ4v) is 1.73. The Hall–Kier alpha value is -0.980. The van der Waals surface area contributed by atoms with Crippen molar-refractivity contribution in [1.82, 2.24) is 4.72 Å². The minimum absolute atomic E-state index is 0.0821. The van der Waals surface area contributed by atoms with Crippen LogP contribution in [0.5, 0.6) is 0 Å². The fraction of sp³-hybridized carbons (Fsp3) is 0.400. The minimum Gasteiger partial charge on any atom is -0.375 e. The Morgan fingerprint density at radius 3 is 2.69 bits per heavy atom. The van der Waals surface area contributed by atoms with Crippen molar-refractivity contribution in [3.05, 3.63) is 35.6 Å². The lowest BCUT2D eigenvalue weighted by Crippen LogP contribution is -2.28. The molecule has 1 atom stereocenters. The van der Waals surface area contributed by atoms with Crippen LogP contribution in [0.1, 0.15) is 11.7 Å². The van der Waals surface area contributed by atoms with Gasteiger partial charge in [-0.1, -0.05) is 12.1 Å². The van der Waals surface area contributed by atoms with Gasteiger partial charge in [0.05, 0.1) is 12.4 Å². The van der Waals surface area contributed by atoms with Crippen LogP contribution in [0.3, 0.4) is 0 Å². The molecule has 0 spiro atoms. The maximum atomic E-state index is 12.9. The van der Waals surface area contributed by atoms with Crippen molar-refractivity contribution in [3.8, 4) is 0 Å². The lowest BCUT2D eigenvalue weighted by Gasteiger charge is -2.15. The van der Waals surface area contributed by atoms with Crippen molar-refractivity contribution in [2.45, 2.75) is 6.10 Å². The van der Waals surface area contributed by atoms with Crippen molar-refractivity contribution in [1.29, 1.82) is 0 Å². The van der Waals surface area contributed by atoms with Crippen LogP contribution in [0, 0.1) is 5.82 Å². The van der Waals surface area contributed by atoms with E-state index < -0.39 is 16.1 Å². The van der Waals surface area contributed by atoms with Crippen molar-refractivity contribution in [2.75, 3.05) is 19.9 Å². The van der Waals surface area contributed by atoms with E-state index >= 15 is 0 Å². The predicted octanol–water partition coefficient (Wildman–Crippen LogP) is 1.06. The second kappa shape index (κ2) is 5.38. The van der Waals surface area contributed by atoms with Gasteiger partial charge in [-0.3, -0.25) is 0 Å². The van der Waals surface area contributed by atoms with E-state index in [1.807, 2.05) is 0 Å². The standard InChI is InChI=1S/C10H14FNO3S/c1-15-10(7-12-16(2,13)14)8-4-3-5-9(11)6-8/h3-6,10,12H,7H2,1-2H3/t10-/m1/s1. The van der Waals surface area contributed by atoms with Crippen LogP contribution < -0.4 is 4.72 Å². The Balaban J connectivity index is 2.75. The van der Waals surface area contributed by atoms with Crippen LogP contribution in [0.4, 0.5) is 4.39 Å². The summed E-state index contributed by atoms with van der Waals surface area (Å²) in [5.41, 5.74) is 0.596. The first-order chi connectivity index (χ1) is 7.42. The molecule has 0 saturated carbocycles. The summed E-state index contributed by atoms with van der Waals surface area (Å²) in [6.07, 6.45) is 0.566. The number of halogens is 1. The molecule has 0 bridgehead atoms. The number of rotatable bonds is 5. The number of ether oxygens (including phenoxy) is 1. The first-order valence-corrected chi connectivity index (χ1v) is 6.54. The van der Waals surface area contributed by atoms with E-state index in [2.05, 4.69) is 4.72 Å². The van der Waals surface area contributed by atoms with Gasteiger partial charge in [0.1, 0.15) is 5.82 Å². The molecule has 16 heavy (non-hydrogen) atoms. The molecule has 4 nitrogen and oxygen atoms in total. The number of hydrogen-bond acceptors (Lipinski definition) is 3. The van der Waals surface area contributed by atoms with Crippen molar-refractivity contribution < 1.29 is 17.5 Å². The Morgan fingerprint density at radius 2 is 2.19 bits per heavy atom. The molecule has 90 valence electrons. The van der Waals surface area contributed by atoms with Crippen LogP contribution in [0.2, 0.25) is 0 Å². The van der Waals surface area contributed by atoms with Crippen molar-refractivity contribution >= 4 is 10.0 Å². The Bertz CT molecular complexity index is 447. The third-order valence-corrected chi connectivity index (χ3v) is 2.73. The quantitative estimate of drug-likeness (QED) is 0.846. The van der Waals surface area contributed by atoms with Gasteiger partial charge in [-0.2, -0.15) is 0 Å². The Labute approximate surface area is 94.5 Å². The molecule has 0 aliphatic heterocycles. The second-order valence-electron chi connectivity index (χ2n) is 3.40. The molecule has 0 unspecified atom stereocenters. The zero-order chi connectivity index (χ0) is 12.2. The fourth-order valence-electron chi connectivity index (χ4n) is 1.27. The van der Waals surface area contributed by atoms with Gasteiger partial charge >= 0.3 is 0 Å². The summed E-state index contributed by atoms with van der Waals surface area (Å²) < 4.78 is 42.2. The molecular weight excluding hydrogens is 233 g/mol. The molecule has 0 aromatic heterocycles. The number of benzene rings is 1. The first-order valence-electron chi connectivity index (χ1n) is 4.65. The second-order valence-corrected chi connectivity index (χ2v) is 5.23. The lowest BCUT2D eigenvalue weighted by molar-refractivity contribution is 0.107. The highest BCUT2D eigenvalue weighted by Crippen LogP contribution is 2.16. The van der Waals surface area contributed by atoms with E-state index in [9.17, 15) is 12.8 Å². The summed E-state index contributed by atoms with van der Waals surface area (Å²) in [4.78, 5) is 0. The van der Waals surface area contributed by atoms with Crippen molar-refractivity contribution in [2.24, 2.45) is 0 Å². The highest BCUT2D eigenvalue weighted by molar-refractivity contribution is 7.88. The molecule has 0 radical (unpaired) electrons. The summed E-state index contributed by atoms with van der Waals surface area (Å²) in [5.74, 6) is -0.376. The van der Waals surface area contributed by atoms with Gasteiger partial charge in [-0.15, -0.1) is 0 Å². The van der Waals surface area contributed by atoms with Crippen LogP contribution in [0.15, 0.2) is 24.3 Å². The summed E-state index contributed by atoms with van der Waals surface area (Å²) in [6, 6.07) is 5.87. The van der Waals surface area contributed by atoms with Gasteiger partial charge in [-0.25, -0.2) is 17.5 Å². The van der Waals surface area contributed by atoms with Gasteiger partial charge < -0.3 is 4.74 Å². The largest absolute Gasteiger partial charge is 0.375 e. The molecule has 0 fully saturated rings. The molecular formula is C10H14FNO3S. The summed E-state index contributed by atoms with van der Waals surface area (Å²) in [6.45, 7) is 0.0821. The smallest absolute Gasteiger partial charge is 0.208 e. The zero-order valence-corrected chi connectivity index (χ0v) is 9.92. The predicted molar refractivity (Wildman–Crippen MR) is 59.0 cm³/mol. The van der Waals surface area contributed by atoms with E-state index in [1.54, 1.807) is 12.1 Å². The molecule has 1 N–H and O–H groups in total. The number of sulfonamides is 1. The highest BCUT2D eigenvalue weighted by atomic mass is 32.2.